The van der Waals surface area contributed by atoms with E-state index in [4.69, 9.17) is 14.6 Å². The van der Waals surface area contributed by atoms with Crippen LogP contribution in [0, 0.1) is 0 Å². The summed E-state index contributed by atoms with van der Waals surface area (Å²) in [5, 5.41) is 7.57. The van der Waals surface area contributed by atoms with Crippen LogP contribution in [0.3, 0.4) is 0 Å². The Morgan fingerprint density at radius 2 is 1.00 bits per heavy atom. The molecule has 0 unspecified atom stereocenters. The van der Waals surface area contributed by atoms with Crippen molar-refractivity contribution in [2.24, 2.45) is 0 Å². The van der Waals surface area contributed by atoms with Crippen molar-refractivity contribution in [3.05, 3.63) is 0 Å². The Balaban J connectivity index is 0.000000284. The lowest BCUT2D eigenvalue weighted by Gasteiger charge is -2.24. The molecule has 0 aromatic rings. The van der Waals surface area contributed by atoms with Crippen LogP contribution in [-0.4, -0.2) is 87.2 Å². The van der Waals surface area contributed by atoms with Crippen LogP contribution < -0.4 is 0 Å². The van der Waals surface area contributed by atoms with E-state index in [1.165, 1.54) is 13.1 Å². The van der Waals surface area contributed by atoms with Gasteiger partial charge < -0.3 is 14.6 Å². The number of nitrogens with zero attached hydrogens (tertiary/aromatic N) is 2. The van der Waals surface area contributed by atoms with E-state index in [1.807, 2.05) is 0 Å². The van der Waals surface area contributed by atoms with E-state index in [0.29, 0.717) is 0 Å². The smallest absolute Gasteiger partial charge is 0.0594 e. The fourth-order valence-corrected chi connectivity index (χ4v) is 1.83. The van der Waals surface area contributed by atoms with E-state index in [2.05, 4.69) is 23.6 Å². The first-order valence-electron chi connectivity index (χ1n) is 7.49. The highest BCUT2D eigenvalue weighted by molar-refractivity contribution is 4.58. The Hall–Kier alpha value is -0.200. The number of aliphatic hydroxyl groups excluding tert-OH is 1. The molecule has 0 radical (unpaired) electrons. The summed E-state index contributed by atoms with van der Waals surface area (Å²) in [6.45, 7) is 16.8. The summed E-state index contributed by atoms with van der Waals surface area (Å²) in [5.41, 5.74) is 0. The fraction of sp³-hybridized carbons (Fsp3) is 1.00. The molecule has 116 valence electrons. The van der Waals surface area contributed by atoms with Gasteiger partial charge in [0.1, 0.15) is 0 Å². The predicted octanol–water partition coefficient (Wildman–Crippen LogP) is 0.676. The first-order valence-corrected chi connectivity index (χ1v) is 7.49. The Morgan fingerprint density at radius 1 is 0.737 bits per heavy atom. The number of likely N-dealkylation sites (N-methyl/N-ethyl adjacent to an activating group) is 2. The second kappa shape index (κ2) is 14.2. The molecule has 2 saturated heterocycles. The summed E-state index contributed by atoms with van der Waals surface area (Å²) in [5.74, 6) is 0. The molecule has 0 aliphatic carbocycles. The summed E-state index contributed by atoms with van der Waals surface area (Å²) in [7, 11) is 0. The normalized spacial score (nSPS) is 20.8. The van der Waals surface area contributed by atoms with Crippen LogP contribution in [0.2, 0.25) is 0 Å². The quantitative estimate of drug-likeness (QED) is 0.803. The molecule has 0 amide bonds. The van der Waals surface area contributed by atoms with Gasteiger partial charge in [0.05, 0.1) is 26.4 Å². The number of hydrogen-bond donors (Lipinski definition) is 1. The maximum atomic E-state index is 7.57. The maximum Gasteiger partial charge on any atom is 0.0594 e. The lowest BCUT2D eigenvalue weighted by atomic mass is 10.4. The van der Waals surface area contributed by atoms with Gasteiger partial charge in [0.25, 0.3) is 0 Å². The standard InChI is InChI=1S/2C6H13NO.C2H6O/c2*1-2-7-3-5-8-6-4-7;1-2-3/h2*2-6H2,1H3;3H,2H2,1H3. The Bertz CT molecular complexity index is 152. The third-order valence-corrected chi connectivity index (χ3v) is 3.10. The molecule has 2 fully saturated rings. The van der Waals surface area contributed by atoms with E-state index < -0.39 is 0 Å². The summed E-state index contributed by atoms with van der Waals surface area (Å²) < 4.78 is 10.3. The first kappa shape index (κ1) is 18.8. The monoisotopic (exact) mass is 276 g/mol. The molecule has 5 nitrogen and oxygen atoms in total. The molecule has 2 rings (SSSR count). The van der Waals surface area contributed by atoms with Crippen molar-refractivity contribution in [2.75, 3.05) is 72.3 Å². The molecule has 19 heavy (non-hydrogen) atoms. The molecule has 0 aromatic heterocycles. The van der Waals surface area contributed by atoms with Gasteiger partial charge in [-0.3, -0.25) is 9.80 Å². The van der Waals surface area contributed by atoms with Crippen molar-refractivity contribution < 1.29 is 14.6 Å². The van der Waals surface area contributed by atoms with Gasteiger partial charge in [0, 0.05) is 32.8 Å². The topological polar surface area (TPSA) is 45.2 Å². The Morgan fingerprint density at radius 3 is 1.16 bits per heavy atom. The molecule has 1 N–H and O–H groups in total. The Labute approximate surface area is 118 Å². The minimum atomic E-state index is 0.250. The van der Waals surface area contributed by atoms with E-state index >= 15 is 0 Å². The molecule has 0 spiro atoms. The van der Waals surface area contributed by atoms with Gasteiger partial charge >= 0.3 is 0 Å². The van der Waals surface area contributed by atoms with Gasteiger partial charge in [-0.2, -0.15) is 0 Å². The van der Waals surface area contributed by atoms with Crippen molar-refractivity contribution in [1.82, 2.24) is 9.80 Å². The van der Waals surface area contributed by atoms with Crippen LogP contribution in [0.4, 0.5) is 0 Å². The van der Waals surface area contributed by atoms with E-state index in [0.717, 1.165) is 52.6 Å². The maximum absolute atomic E-state index is 7.57. The van der Waals surface area contributed by atoms with Crippen molar-refractivity contribution in [3.8, 4) is 0 Å². The molecule has 5 heteroatoms. The Kier molecular flexibility index (Phi) is 14.1. The van der Waals surface area contributed by atoms with Crippen LogP contribution in [0.5, 0.6) is 0 Å². The SMILES string of the molecule is CCN1CCOCC1.CCN1CCOCC1.CCO. The summed E-state index contributed by atoms with van der Waals surface area (Å²) in [6, 6.07) is 0. The largest absolute Gasteiger partial charge is 0.397 e. The second-order valence-corrected chi connectivity index (χ2v) is 4.41. The molecule has 2 aliphatic rings. The highest BCUT2D eigenvalue weighted by Gasteiger charge is 2.06. The zero-order valence-corrected chi connectivity index (χ0v) is 12.9. The highest BCUT2D eigenvalue weighted by Crippen LogP contribution is 1.94. The molecule has 2 aliphatic heterocycles. The molecular weight excluding hydrogens is 244 g/mol. The molecule has 0 atom stereocenters. The predicted molar refractivity (Wildman–Crippen MR) is 78.6 cm³/mol. The van der Waals surface area contributed by atoms with Crippen molar-refractivity contribution >= 4 is 0 Å². The summed E-state index contributed by atoms with van der Waals surface area (Å²) >= 11 is 0. The number of morpholine rings is 2. The zero-order chi connectivity index (χ0) is 14.3. The van der Waals surface area contributed by atoms with Crippen LogP contribution in [0.1, 0.15) is 20.8 Å². The van der Waals surface area contributed by atoms with Gasteiger partial charge in [-0.25, -0.2) is 0 Å². The van der Waals surface area contributed by atoms with Gasteiger partial charge in [-0.15, -0.1) is 0 Å². The van der Waals surface area contributed by atoms with Gasteiger partial charge in [-0.05, 0) is 20.0 Å². The minimum Gasteiger partial charge on any atom is -0.397 e. The minimum absolute atomic E-state index is 0.250. The summed E-state index contributed by atoms with van der Waals surface area (Å²) in [4.78, 5) is 4.78. The number of rotatable bonds is 2. The third kappa shape index (κ3) is 11.3. The van der Waals surface area contributed by atoms with Crippen LogP contribution in [-0.2, 0) is 9.47 Å². The van der Waals surface area contributed by atoms with Crippen LogP contribution >= 0.6 is 0 Å². The lowest BCUT2D eigenvalue weighted by Crippen LogP contribution is -2.35. The molecule has 0 saturated carbocycles. The zero-order valence-electron chi connectivity index (χ0n) is 12.9. The molecule has 2 heterocycles. The van der Waals surface area contributed by atoms with Gasteiger partial charge in [0.2, 0.25) is 0 Å². The van der Waals surface area contributed by atoms with Crippen LogP contribution in [0.25, 0.3) is 0 Å². The number of aliphatic hydroxyl groups is 1. The summed E-state index contributed by atoms with van der Waals surface area (Å²) in [6.07, 6.45) is 0. The first-order chi connectivity index (χ1) is 9.28. The van der Waals surface area contributed by atoms with Crippen LogP contribution in [0.15, 0.2) is 0 Å². The highest BCUT2D eigenvalue weighted by atomic mass is 16.5. The molecule has 0 aromatic carbocycles. The lowest BCUT2D eigenvalue weighted by molar-refractivity contribution is 0.0404. The van der Waals surface area contributed by atoms with Crippen molar-refractivity contribution in [1.29, 1.82) is 0 Å². The fourth-order valence-electron chi connectivity index (χ4n) is 1.83. The van der Waals surface area contributed by atoms with Gasteiger partial charge in [-0.1, -0.05) is 13.8 Å². The third-order valence-electron chi connectivity index (χ3n) is 3.10. The average Bonchev–Trinajstić information content (AvgIpc) is 2.50. The van der Waals surface area contributed by atoms with E-state index in [1.54, 1.807) is 6.92 Å². The molecule has 0 bridgehead atoms. The number of ether oxygens (including phenoxy) is 2. The van der Waals surface area contributed by atoms with Gasteiger partial charge in [0.15, 0.2) is 0 Å². The molecular formula is C14H32N2O3. The van der Waals surface area contributed by atoms with Crippen molar-refractivity contribution in [3.63, 3.8) is 0 Å². The van der Waals surface area contributed by atoms with E-state index in [9.17, 15) is 0 Å². The second-order valence-electron chi connectivity index (χ2n) is 4.41. The van der Waals surface area contributed by atoms with E-state index in [-0.39, 0.29) is 6.61 Å². The number of hydrogen-bond acceptors (Lipinski definition) is 5. The average molecular weight is 276 g/mol. The van der Waals surface area contributed by atoms with Crippen molar-refractivity contribution in [2.45, 2.75) is 20.8 Å².